The molecule has 0 fully saturated rings. The summed E-state index contributed by atoms with van der Waals surface area (Å²) in [4.78, 5) is 27.4. The molecule has 24 heavy (non-hydrogen) atoms. The molecule has 0 aliphatic rings. The number of para-hydroxylation sites is 3. The average molecular weight is 322 g/mol. The van der Waals surface area contributed by atoms with Gasteiger partial charge in [0, 0.05) is 17.1 Å². The van der Waals surface area contributed by atoms with Crippen molar-refractivity contribution in [3.05, 3.63) is 76.0 Å². The summed E-state index contributed by atoms with van der Waals surface area (Å²) in [6.07, 6.45) is 0. The number of amides is 1. The third-order valence-corrected chi connectivity index (χ3v) is 3.50. The van der Waals surface area contributed by atoms with Crippen molar-refractivity contribution in [2.45, 2.75) is 6.92 Å². The number of nitro groups is 1. The zero-order valence-electron chi connectivity index (χ0n) is 12.8. The SMILES string of the molecule is Cc1cc(C(=O)NNc2ccccc2[N+](=O)[O-])c2ccccc2n1. The molecule has 1 heterocycles. The highest BCUT2D eigenvalue weighted by Gasteiger charge is 2.15. The van der Waals surface area contributed by atoms with Crippen molar-refractivity contribution < 1.29 is 9.72 Å². The topological polar surface area (TPSA) is 97.2 Å². The number of hydrogen-bond donors (Lipinski definition) is 2. The molecule has 7 nitrogen and oxygen atoms in total. The summed E-state index contributed by atoms with van der Waals surface area (Å²) in [5.74, 6) is -0.394. The number of hydrogen-bond acceptors (Lipinski definition) is 5. The van der Waals surface area contributed by atoms with Crippen LogP contribution in [0, 0.1) is 17.0 Å². The van der Waals surface area contributed by atoms with Gasteiger partial charge < -0.3 is 0 Å². The second-order valence-corrected chi connectivity index (χ2v) is 5.18. The van der Waals surface area contributed by atoms with E-state index in [2.05, 4.69) is 15.8 Å². The highest BCUT2D eigenvalue weighted by atomic mass is 16.6. The van der Waals surface area contributed by atoms with Crippen LogP contribution >= 0.6 is 0 Å². The molecule has 0 unspecified atom stereocenters. The Morgan fingerprint density at radius 1 is 1.12 bits per heavy atom. The van der Waals surface area contributed by atoms with Crippen LogP contribution in [0.4, 0.5) is 11.4 Å². The molecule has 2 aromatic carbocycles. The lowest BCUT2D eigenvalue weighted by Gasteiger charge is -2.11. The minimum atomic E-state index is -0.513. The first-order valence-corrected chi connectivity index (χ1v) is 7.22. The number of nitro benzene ring substituents is 1. The van der Waals surface area contributed by atoms with Crippen molar-refractivity contribution in [2.75, 3.05) is 5.43 Å². The summed E-state index contributed by atoms with van der Waals surface area (Å²) in [6.45, 7) is 1.80. The van der Waals surface area contributed by atoms with Gasteiger partial charge in [-0.2, -0.15) is 0 Å². The van der Waals surface area contributed by atoms with Gasteiger partial charge in [-0.1, -0.05) is 30.3 Å². The molecule has 2 N–H and O–H groups in total. The Labute approximate surface area is 137 Å². The van der Waals surface area contributed by atoms with Gasteiger partial charge in [0.25, 0.3) is 11.6 Å². The van der Waals surface area contributed by atoms with E-state index in [0.717, 1.165) is 0 Å². The normalized spacial score (nSPS) is 10.4. The molecule has 120 valence electrons. The van der Waals surface area contributed by atoms with Crippen LogP contribution in [-0.2, 0) is 0 Å². The molecule has 0 atom stereocenters. The summed E-state index contributed by atoms with van der Waals surface area (Å²) in [5.41, 5.74) is 7.10. The molecule has 3 aromatic rings. The zero-order valence-corrected chi connectivity index (χ0v) is 12.8. The van der Waals surface area contributed by atoms with Gasteiger partial charge in [0.1, 0.15) is 5.69 Å². The minimum absolute atomic E-state index is 0.117. The van der Waals surface area contributed by atoms with Crippen molar-refractivity contribution in [3.8, 4) is 0 Å². The first-order chi connectivity index (χ1) is 11.6. The summed E-state index contributed by atoms with van der Waals surface area (Å²) in [7, 11) is 0. The highest BCUT2D eigenvalue weighted by Crippen LogP contribution is 2.23. The van der Waals surface area contributed by atoms with Crippen LogP contribution in [0.3, 0.4) is 0 Å². The number of aromatic nitrogens is 1. The lowest BCUT2D eigenvalue weighted by atomic mass is 10.1. The molecule has 3 rings (SSSR count). The lowest BCUT2D eigenvalue weighted by Crippen LogP contribution is -2.30. The van der Waals surface area contributed by atoms with Gasteiger partial charge in [-0.15, -0.1) is 0 Å². The highest BCUT2D eigenvalue weighted by molar-refractivity contribution is 6.06. The van der Waals surface area contributed by atoms with Gasteiger partial charge in [-0.05, 0) is 25.1 Å². The van der Waals surface area contributed by atoms with Crippen molar-refractivity contribution in [3.63, 3.8) is 0 Å². The number of pyridine rings is 1. The van der Waals surface area contributed by atoms with Gasteiger partial charge in [0.05, 0.1) is 16.0 Å². The molecule has 0 bridgehead atoms. The maximum Gasteiger partial charge on any atom is 0.294 e. The standard InChI is InChI=1S/C17H14N4O3/c1-11-10-13(12-6-2-3-7-14(12)18-11)17(22)20-19-15-8-4-5-9-16(15)21(23)24/h2-10,19H,1H3,(H,20,22). The van der Waals surface area contributed by atoms with Gasteiger partial charge in [0.15, 0.2) is 0 Å². The second-order valence-electron chi connectivity index (χ2n) is 5.18. The Balaban J connectivity index is 1.88. The number of rotatable bonds is 4. The van der Waals surface area contributed by atoms with E-state index in [1.807, 2.05) is 24.3 Å². The quantitative estimate of drug-likeness (QED) is 0.568. The number of anilines is 1. The summed E-state index contributed by atoms with van der Waals surface area (Å²) in [5, 5.41) is 11.7. The van der Waals surface area contributed by atoms with Crippen LogP contribution in [-0.4, -0.2) is 15.8 Å². The number of carbonyl (C=O) groups excluding carboxylic acids is 1. The number of carbonyl (C=O) groups is 1. The van der Waals surface area contributed by atoms with Crippen LogP contribution in [0.15, 0.2) is 54.6 Å². The largest absolute Gasteiger partial charge is 0.294 e. The van der Waals surface area contributed by atoms with Crippen molar-refractivity contribution in [1.82, 2.24) is 10.4 Å². The van der Waals surface area contributed by atoms with Crippen LogP contribution in [0.5, 0.6) is 0 Å². The third kappa shape index (κ3) is 3.00. The third-order valence-electron chi connectivity index (χ3n) is 3.50. The van der Waals surface area contributed by atoms with Gasteiger partial charge in [-0.25, -0.2) is 0 Å². The summed E-state index contributed by atoms with van der Waals surface area (Å²) >= 11 is 0. The maximum absolute atomic E-state index is 12.5. The minimum Gasteiger partial charge on any atom is -0.292 e. The van der Waals surface area contributed by atoms with Crippen molar-refractivity contribution >= 4 is 28.2 Å². The van der Waals surface area contributed by atoms with Crippen molar-refractivity contribution in [1.29, 1.82) is 0 Å². The van der Waals surface area contributed by atoms with Crippen molar-refractivity contribution in [2.24, 2.45) is 0 Å². The van der Waals surface area contributed by atoms with Crippen LogP contribution in [0.25, 0.3) is 10.9 Å². The Kier molecular flexibility index (Phi) is 4.07. The molecule has 0 aliphatic carbocycles. The molecule has 1 aromatic heterocycles. The molecule has 0 spiro atoms. The van der Waals surface area contributed by atoms with Gasteiger partial charge in [0.2, 0.25) is 0 Å². The van der Waals surface area contributed by atoms with E-state index in [1.54, 1.807) is 25.1 Å². The van der Waals surface area contributed by atoms with E-state index < -0.39 is 10.8 Å². The van der Waals surface area contributed by atoms with Crippen LogP contribution in [0.1, 0.15) is 16.1 Å². The molecule has 0 saturated heterocycles. The van der Waals surface area contributed by atoms with E-state index in [0.29, 0.717) is 22.2 Å². The molecule has 1 amide bonds. The fourth-order valence-corrected chi connectivity index (χ4v) is 2.43. The first-order valence-electron chi connectivity index (χ1n) is 7.22. The number of nitrogens with zero attached hydrogens (tertiary/aromatic N) is 2. The molecule has 0 saturated carbocycles. The average Bonchev–Trinajstić information content (AvgIpc) is 2.59. The van der Waals surface area contributed by atoms with E-state index >= 15 is 0 Å². The summed E-state index contributed by atoms with van der Waals surface area (Å²) < 4.78 is 0. The number of nitrogens with one attached hydrogen (secondary N) is 2. The predicted octanol–water partition coefficient (Wildman–Crippen LogP) is 3.21. The molecular weight excluding hydrogens is 308 g/mol. The monoisotopic (exact) mass is 322 g/mol. The zero-order chi connectivity index (χ0) is 17.1. The Bertz CT molecular complexity index is 940. The molecule has 0 radical (unpaired) electrons. The number of benzene rings is 2. The number of aryl methyl sites for hydroxylation is 1. The smallest absolute Gasteiger partial charge is 0.292 e. The van der Waals surface area contributed by atoms with E-state index in [1.165, 1.54) is 12.1 Å². The van der Waals surface area contributed by atoms with Crippen LogP contribution in [0.2, 0.25) is 0 Å². The summed E-state index contributed by atoms with van der Waals surface area (Å²) in [6, 6.07) is 15.1. The predicted molar refractivity (Wildman–Crippen MR) is 90.7 cm³/mol. The van der Waals surface area contributed by atoms with E-state index in [-0.39, 0.29) is 11.4 Å². The number of hydrazine groups is 1. The van der Waals surface area contributed by atoms with Crippen LogP contribution < -0.4 is 10.9 Å². The molecule has 0 aliphatic heterocycles. The Morgan fingerprint density at radius 3 is 2.62 bits per heavy atom. The Morgan fingerprint density at radius 2 is 1.83 bits per heavy atom. The van der Waals surface area contributed by atoms with Gasteiger partial charge >= 0.3 is 0 Å². The Hall–Kier alpha value is -3.48. The molecular formula is C17H14N4O3. The van der Waals surface area contributed by atoms with Gasteiger partial charge in [-0.3, -0.25) is 30.7 Å². The van der Waals surface area contributed by atoms with E-state index in [9.17, 15) is 14.9 Å². The lowest BCUT2D eigenvalue weighted by molar-refractivity contribution is -0.384. The fraction of sp³-hybridized carbons (Fsp3) is 0.0588. The van der Waals surface area contributed by atoms with E-state index in [4.69, 9.17) is 0 Å². The molecule has 7 heteroatoms. The maximum atomic E-state index is 12.5. The number of fused-ring (bicyclic) bond motifs is 1. The fourth-order valence-electron chi connectivity index (χ4n) is 2.43. The second kappa shape index (κ2) is 6.33. The first kappa shape index (κ1) is 15.4.